The fourth-order valence-corrected chi connectivity index (χ4v) is 2.09. The van der Waals surface area contributed by atoms with Gasteiger partial charge in [0, 0.05) is 0 Å². The third-order valence-corrected chi connectivity index (χ3v) is 3.28. The van der Waals surface area contributed by atoms with Gasteiger partial charge in [0.1, 0.15) is 0 Å². The van der Waals surface area contributed by atoms with Gasteiger partial charge in [-0.1, -0.05) is 0 Å². The topological polar surface area (TPSA) is 51.4 Å². The molecule has 0 saturated carbocycles. The van der Waals surface area contributed by atoms with Gasteiger partial charge < -0.3 is 12.4 Å². The van der Waals surface area contributed by atoms with Crippen LogP contribution in [-0.2, 0) is 0 Å². The largest absolute Gasteiger partial charge is 1.00 e. The average Bonchev–Trinajstić information content (AvgIpc) is 2.01. The van der Waals surface area contributed by atoms with Gasteiger partial charge in [-0.05, 0) is 0 Å². The predicted molar refractivity (Wildman–Crippen MR) is 49.5 cm³/mol. The van der Waals surface area contributed by atoms with Crippen molar-refractivity contribution in [3.8, 4) is 4.97 Å². The molecule has 0 saturated heterocycles. The van der Waals surface area contributed by atoms with Crippen LogP contribution >= 0.6 is 0 Å². The minimum atomic E-state index is -0.0739. The number of halogens is 1. The molecule has 2 nitrogen and oxygen atoms in total. The van der Waals surface area contributed by atoms with E-state index in [4.69, 9.17) is 5.26 Å². The Balaban J connectivity index is 0.00000144. The maximum atomic E-state index is 8.55. The Morgan fingerprint density at radius 1 is 1.31 bits per heavy atom. The van der Waals surface area contributed by atoms with E-state index in [1.165, 1.54) is 11.1 Å². The SMILES string of the molecule is Cc1cc([NH3+])c([Se]C#N)cc1C.[Cl-]. The van der Waals surface area contributed by atoms with E-state index in [9.17, 15) is 0 Å². The first kappa shape index (κ1) is 12.5. The molecule has 0 aliphatic carbocycles. The van der Waals surface area contributed by atoms with Gasteiger partial charge >= 0.3 is 78.2 Å². The summed E-state index contributed by atoms with van der Waals surface area (Å²) in [5, 5.41) is 8.55. The second-order valence-corrected chi connectivity index (χ2v) is 4.47. The van der Waals surface area contributed by atoms with E-state index < -0.39 is 0 Å². The van der Waals surface area contributed by atoms with Gasteiger partial charge in [0.2, 0.25) is 0 Å². The first-order valence-electron chi connectivity index (χ1n) is 3.64. The minimum Gasteiger partial charge on any atom is -1.00 e. The zero-order chi connectivity index (χ0) is 9.14. The van der Waals surface area contributed by atoms with E-state index in [0.29, 0.717) is 0 Å². The molecule has 0 aromatic heterocycles. The molecule has 0 unspecified atom stereocenters. The summed E-state index contributed by atoms with van der Waals surface area (Å²) in [5.41, 5.74) is 7.40. The molecule has 0 aliphatic heterocycles. The Kier molecular flexibility index (Phi) is 5.05. The molecule has 1 rings (SSSR count). The molecule has 3 N–H and O–H groups in total. The summed E-state index contributed by atoms with van der Waals surface area (Å²) in [6.07, 6.45) is 0. The number of quaternary nitrogens is 1. The van der Waals surface area contributed by atoms with Gasteiger partial charge in [0.15, 0.2) is 0 Å². The summed E-state index contributed by atoms with van der Waals surface area (Å²) in [6.45, 7) is 4.12. The van der Waals surface area contributed by atoms with Crippen LogP contribution in [0.1, 0.15) is 11.1 Å². The maximum absolute atomic E-state index is 8.55. The third kappa shape index (κ3) is 3.02. The molecule has 0 amide bonds. The van der Waals surface area contributed by atoms with Crippen molar-refractivity contribution in [2.24, 2.45) is 0 Å². The normalized spacial score (nSPS) is 8.77. The summed E-state index contributed by atoms with van der Waals surface area (Å²) in [4.78, 5) is 2.19. The monoisotopic (exact) mass is 262 g/mol. The number of benzene rings is 1. The van der Waals surface area contributed by atoms with Crippen molar-refractivity contribution in [2.45, 2.75) is 13.8 Å². The molecule has 0 fully saturated rings. The van der Waals surface area contributed by atoms with E-state index >= 15 is 0 Å². The second kappa shape index (κ2) is 5.26. The van der Waals surface area contributed by atoms with Crippen molar-refractivity contribution >= 4 is 25.1 Å². The average molecular weight is 262 g/mol. The van der Waals surface area contributed by atoms with Crippen molar-refractivity contribution in [3.05, 3.63) is 23.3 Å². The summed E-state index contributed by atoms with van der Waals surface area (Å²) in [7, 11) is 0. The van der Waals surface area contributed by atoms with Gasteiger partial charge in [-0.15, -0.1) is 0 Å². The van der Waals surface area contributed by atoms with Crippen LogP contribution in [0.25, 0.3) is 0 Å². The minimum absolute atomic E-state index is 0. The van der Waals surface area contributed by atoms with Crippen LogP contribution in [0.4, 0.5) is 5.69 Å². The van der Waals surface area contributed by atoms with E-state index in [0.717, 1.165) is 10.1 Å². The van der Waals surface area contributed by atoms with E-state index in [1.807, 2.05) is 6.07 Å². The van der Waals surface area contributed by atoms with Crippen molar-refractivity contribution in [3.63, 3.8) is 0 Å². The molecule has 0 atom stereocenters. The molecule has 0 spiro atoms. The van der Waals surface area contributed by atoms with Crippen LogP contribution in [0.5, 0.6) is 0 Å². The smallest absolute Gasteiger partial charge is 1.00 e. The summed E-state index contributed by atoms with van der Waals surface area (Å²) in [5.74, 6) is 0. The van der Waals surface area contributed by atoms with Gasteiger partial charge in [0.05, 0.1) is 0 Å². The van der Waals surface area contributed by atoms with E-state index in [-0.39, 0.29) is 27.4 Å². The van der Waals surface area contributed by atoms with Gasteiger partial charge in [0.25, 0.3) is 0 Å². The van der Waals surface area contributed by atoms with E-state index in [2.05, 4.69) is 30.6 Å². The van der Waals surface area contributed by atoms with Gasteiger partial charge in [-0.25, -0.2) is 0 Å². The molecule has 1 aromatic carbocycles. The van der Waals surface area contributed by atoms with Crippen molar-refractivity contribution < 1.29 is 18.1 Å². The first-order valence-corrected chi connectivity index (χ1v) is 5.35. The Hall–Kier alpha value is -0.521. The predicted octanol–water partition coefficient (Wildman–Crippen LogP) is -3.01. The standard InChI is InChI=1S/C9H10N2Se.ClH/c1-6-3-8(11)9(12-5-10)4-7(6)2;/h3-4H,11H2,1-2H3;1H. The quantitative estimate of drug-likeness (QED) is 0.538. The molecule has 70 valence electrons. The van der Waals surface area contributed by atoms with Gasteiger partial charge in [-0.3, -0.25) is 0 Å². The van der Waals surface area contributed by atoms with Crippen LogP contribution in [0.3, 0.4) is 0 Å². The Morgan fingerprint density at radius 3 is 2.38 bits per heavy atom. The van der Waals surface area contributed by atoms with Gasteiger partial charge in [-0.2, -0.15) is 0 Å². The number of hydrogen-bond donors (Lipinski definition) is 1. The van der Waals surface area contributed by atoms with Crippen molar-refractivity contribution in [1.29, 1.82) is 5.26 Å². The number of rotatable bonds is 1. The van der Waals surface area contributed by atoms with Crippen LogP contribution in [0.2, 0.25) is 0 Å². The maximum Gasteiger partial charge on any atom is -1.00 e. The van der Waals surface area contributed by atoms with Crippen molar-refractivity contribution in [2.75, 3.05) is 0 Å². The molecular formula is C9H11ClN2Se. The Labute approximate surface area is 90.7 Å². The molecule has 0 radical (unpaired) electrons. The molecule has 0 aliphatic rings. The zero-order valence-corrected chi connectivity index (χ0v) is 10.1. The fourth-order valence-electron chi connectivity index (χ4n) is 0.994. The number of aryl methyl sites for hydroxylation is 2. The molecular weight excluding hydrogens is 251 g/mol. The number of nitriles is 1. The van der Waals surface area contributed by atoms with Crippen LogP contribution in [0.15, 0.2) is 12.1 Å². The summed E-state index contributed by atoms with van der Waals surface area (Å²) < 4.78 is 1.10. The zero-order valence-electron chi connectivity index (χ0n) is 7.60. The number of nitrogens with zero attached hydrogens (tertiary/aromatic N) is 1. The third-order valence-electron chi connectivity index (χ3n) is 1.83. The molecule has 4 heteroatoms. The van der Waals surface area contributed by atoms with E-state index in [1.54, 1.807) is 0 Å². The van der Waals surface area contributed by atoms with Crippen LogP contribution < -0.4 is 22.6 Å². The molecule has 0 bridgehead atoms. The molecule has 1 aromatic rings. The van der Waals surface area contributed by atoms with Crippen LogP contribution in [0, 0.1) is 24.1 Å². The van der Waals surface area contributed by atoms with Crippen molar-refractivity contribution in [1.82, 2.24) is 0 Å². The summed E-state index contributed by atoms with van der Waals surface area (Å²) >= 11 is -0.0739. The molecule has 0 heterocycles. The number of hydrogen-bond acceptors (Lipinski definition) is 1. The fraction of sp³-hybridized carbons (Fsp3) is 0.222. The Bertz CT molecular complexity index is 344. The Morgan fingerprint density at radius 2 is 1.85 bits per heavy atom. The first-order chi connectivity index (χ1) is 5.65. The molecule has 13 heavy (non-hydrogen) atoms. The summed E-state index contributed by atoms with van der Waals surface area (Å²) in [6, 6.07) is 4.12. The second-order valence-electron chi connectivity index (χ2n) is 2.74. The van der Waals surface area contributed by atoms with Crippen LogP contribution in [-0.4, -0.2) is 15.0 Å².